The highest BCUT2D eigenvalue weighted by molar-refractivity contribution is 7.91. The lowest BCUT2D eigenvalue weighted by Crippen LogP contribution is -2.37. The van der Waals surface area contributed by atoms with Crippen LogP contribution in [0.3, 0.4) is 0 Å². The number of rotatable bonds is 7. The Bertz CT molecular complexity index is 644. The van der Waals surface area contributed by atoms with Crippen molar-refractivity contribution >= 4 is 15.7 Å². The molecular weight excluding hydrogens is 318 g/mol. The van der Waals surface area contributed by atoms with Gasteiger partial charge in [0, 0.05) is 6.54 Å². The molecule has 1 fully saturated rings. The van der Waals surface area contributed by atoms with E-state index in [4.69, 9.17) is 9.47 Å². The van der Waals surface area contributed by atoms with Crippen molar-refractivity contribution in [1.29, 1.82) is 0 Å². The fraction of sp³-hybridized carbons (Fsp3) is 0.562. The van der Waals surface area contributed by atoms with E-state index < -0.39 is 15.9 Å². The maximum absolute atomic E-state index is 12.0. The molecule has 128 valence electrons. The number of carbonyl (C=O) groups excluding carboxylic acids is 1. The Morgan fingerprint density at radius 3 is 2.87 bits per heavy atom. The van der Waals surface area contributed by atoms with Crippen LogP contribution in [0.4, 0.5) is 0 Å². The summed E-state index contributed by atoms with van der Waals surface area (Å²) in [6.45, 7) is 2.37. The fourth-order valence-corrected chi connectivity index (χ4v) is 4.34. The standard InChI is InChI=1S/C16H23NO5S/c1-12(22-10-13-4-3-5-15(8-13)21-2)16(18)17-9-14-6-7-23(19,20)11-14/h3-5,8,12,14H,6-7,9-11H2,1-2H3,(H,17,18). The van der Waals surface area contributed by atoms with E-state index in [9.17, 15) is 13.2 Å². The van der Waals surface area contributed by atoms with Crippen LogP contribution in [0.2, 0.25) is 0 Å². The summed E-state index contributed by atoms with van der Waals surface area (Å²) >= 11 is 0. The SMILES string of the molecule is COc1cccc(COC(C)C(=O)NCC2CCS(=O)(=O)C2)c1. The summed E-state index contributed by atoms with van der Waals surface area (Å²) in [7, 11) is -1.31. The van der Waals surface area contributed by atoms with Crippen LogP contribution in [0.1, 0.15) is 18.9 Å². The van der Waals surface area contributed by atoms with Crippen molar-refractivity contribution in [2.45, 2.75) is 26.1 Å². The second-order valence-electron chi connectivity index (χ2n) is 5.82. The highest BCUT2D eigenvalue weighted by atomic mass is 32.2. The van der Waals surface area contributed by atoms with Gasteiger partial charge in [-0.1, -0.05) is 12.1 Å². The van der Waals surface area contributed by atoms with Crippen molar-refractivity contribution in [3.8, 4) is 5.75 Å². The largest absolute Gasteiger partial charge is 0.497 e. The summed E-state index contributed by atoms with van der Waals surface area (Å²) in [5.41, 5.74) is 0.922. The normalized spacial score (nSPS) is 20.9. The Morgan fingerprint density at radius 2 is 2.22 bits per heavy atom. The number of ether oxygens (including phenoxy) is 2. The highest BCUT2D eigenvalue weighted by Crippen LogP contribution is 2.17. The molecule has 0 radical (unpaired) electrons. The third kappa shape index (κ3) is 5.51. The first-order valence-electron chi connectivity index (χ1n) is 7.62. The number of benzene rings is 1. The first-order valence-corrected chi connectivity index (χ1v) is 9.44. The van der Waals surface area contributed by atoms with Gasteiger partial charge in [-0.25, -0.2) is 8.42 Å². The maximum Gasteiger partial charge on any atom is 0.248 e. The van der Waals surface area contributed by atoms with Gasteiger partial charge < -0.3 is 14.8 Å². The second-order valence-corrected chi connectivity index (χ2v) is 8.05. The van der Waals surface area contributed by atoms with Crippen LogP contribution in [0.25, 0.3) is 0 Å². The molecule has 6 nitrogen and oxygen atoms in total. The third-order valence-corrected chi connectivity index (χ3v) is 5.73. The summed E-state index contributed by atoms with van der Waals surface area (Å²) in [5.74, 6) is 0.902. The van der Waals surface area contributed by atoms with Gasteiger partial charge in [0.1, 0.15) is 11.9 Å². The van der Waals surface area contributed by atoms with Crippen LogP contribution in [-0.2, 0) is 26.0 Å². The van der Waals surface area contributed by atoms with Gasteiger partial charge >= 0.3 is 0 Å². The van der Waals surface area contributed by atoms with Crippen molar-refractivity contribution in [1.82, 2.24) is 5.32 Å². The lowest BCUT2D eigenvalue weighted by Gasteiger charge is -2.15. The third-order valence-electron chi connectivity index (χ3n) is 3.90. The molecule has 1 saturated heterocycles. The number of amides is 1. The number of nitrogens with one attached hydrogen (secondary N) is 1. The predicted molar refractivity (Wildman–Crippen MR) is 87.0 cm³/mol. The Kier molecular flexibility index (Phi) is 6.01. The molecule has 0 saturated carbocycles. The number of sulfone groups is 1. The molecule has 0 bridgehead atoms. The smallest absolute Gasteiger partial charge is 0.248 e. The minimum absolute atomic E-state index is 0.00883. The van der Waals surface area contributed by atoms with Gasteiger partial charge in [-0.3, -0.25) is 4.79 Å². The highest BCUT2D eigenvalue weighted by Gasteiger charge is 2.28. The summed E-state index contributed by atoms with van der Waals surface area (Å²) in [4.78, 5) is 12.0. The van der Waals surface area contributed by atoms with Crippen molar-refractivity contribution < 1.29 is 22.7 Å². The summed E-state index contributed by atoms with van der Waals surface area (Å²) in [6, 6.07) is 7.46. The topological polar surface area (TPSA) is 81.7 Å². The van der Waals surface area contributed by atoms with Crippen LogP contribution in [0.5, 0.6) is 5.75 Å². The van der Waals surface area contributed by atoms with Crippen LogP contribution in [0.15, 0.2) is 24.3 Å². The zero-order valence-electron chi connectivity index (χ0n) is 13.4. The lowest BCUT2D eigenvalue weighted by molar-refractivity contribution is -0.132. The average molecular weight is 341 g/mol. The van der Waals surface area contributed by atoms with Gasteiger partial charge in [0.05, 0.1) is 25.2 Å². The van der Waals surface area contributed by atoms with E-state index in [0.29, 0.717) is 19.6 Å². The first-order chi connectivity index (χ1) is 10.9. The van der Waals surface area contributed by atoms with E-state index in [2.05, 4.69) is 5.32 Å². The molecule has 2 unspecified atom stereocenters. The van der Waals surface area contributed by atoms with Gasteiger partial charge in [-0.05, 0) is 37.0 Å². The molecule has 1 N–H and O–H groups in total. The van der Waals surface area contributed by atoms with Crippen LogP contribution >= 0.6 is 0 Å². The van der Waals surface area contributed by atoms with Crippen LogP contribution < -0.4 is 10.1 Å². The quantitative estimate of drug-likeness (QED) is 0.804. The van der Waals surface area contributed by atoms with Gasteiger partial charge in [0.2, 0.25) is 5.91 Å². The molecule has 1 aliphatic rings. The number of hydrogen-bond donors (Lipinski definition) is 1. The lowest BCUT2D eigenvalue weighted by atomic mass is 10.1. The maximum atomic E-state index is 12.0. The number of methoxy groups -OCH3 is 1. The molecule has 2 atom stereocenters. The minimum atomic E-state index is -2.91. The van der Waals surface area contributed by atoms with E-state index in [0.717, 1.165) is 11.3 Å². The van der Waals surface area contributed by atoms with Gasteiger partial charge in [-0.15, -0.1) is 0 Å². The molecular formula is C16H23NO5S. The number of hydrogen-bond acceptors (Lipinski definition) is 5. The van der Waals surface area contributed by atoms with Gasteiger partial charge in [-0.2, -0.15) is 0 Å². The molecule has 1 aromatic carbocycles. The van der Waals surface area contributed by atoms with E-state index in [-0.39, 0.29) is 23.3 Å². The Hall–Kier alpha value is -1.60. The van der Waals surface area contributed by atoms with Crippen molar-refractivity contribution in [3.63, 3.8) is 0 Å². The average Bonchev–Trinajstić information content (AvgIpc) is 2.89. The number of carbonyl (C=O) groups is 1. The van der Waals surface area contributed by atoms with Crippen LogP contribution in [0, 0.1) is 5.92 Å². The molecule has 0 aliphatic carbocycles. The van der Waals surface area contributed by atoms with E-state index >= 15 is 0 Å². The Balaban J connectivity index is 1.74. The van der Waals surface area contributed by atoms with Gasteiger partial charge in [0.25, 0.3) is 0 Å². The summed E-state index contributed by atoms with van der Waals surface area (Å²) in [5, 5.41) is 2.77. The van der Waals surface area contributed by atoms with Crippen molar-refractivity contribution in [2.24, 2.45) is 5.92 Å². The Labute approximate surface area is 137 Å². The van der Waals surface area contributed by atoms with E-state index in [1.54, 1.807) is 14.0 Å². The predicted octanol–water partition coefficient (Wildman–Crippen LogP) is 1.15. The van der Waals surface area contributed by atoms with E-state index in [1.165, 1.54) is 0 Å². The molecule has 1 amide bonds. The molecule has 0 spiro atoms. The van der Waals surface area contributed by atoms with Crippen molar-refractivity contribution in [3.05, 3.63) is 29.8 Å². The van der Waals surface area contributed by atoms with Crippen LogP contribution in [-0.4, -0.2) is 45.6 Å². The molecule has 2 rings (SSSR count). The van der Waals surface area contributed by atoms with E-state index in [1.807, 2.05) is 24.3 Å². The molecule has 1 aliphatic heterocycles. The minimum Gasteiger partial charge on any atom is -0.497 e. The zero-order valence-corrected chi connectivity index (χ0v) is 14.3. The molecule has 23 heavy (non-hydrogen) atoms. The molecule has 1 heterocycles. The summed E-state index contributed by atoms with van der Waals surface area (Å²) in [6.07, 6.45) is 0.0148. The summed E-state index contributed by atoms with van der Waals surface area (Å²) < 4.78 is 33.5. The van der Waals surface area contributed by atoms with Gasteiger partial charge in [0.15, 0.2) is 9.84 Å². The molecule has 0 aromatic heterocycles. The zero-order chi connectivity index (χ0) is 16.9. The monoisotopic (exact) mass is 341 g/mol. The Morgan fingerprint density at radius 1 is 1.43 bits per heavy atom. The first kappa shape index (κ1) is 17.7. The fourth-order valence-electron chi connectivity index (χ4n) is 2.48. The van der Waals surface area contributed by atoms with Crippen molar-refractivity contribution in [2.75, 3.05) is 25.2 Å². The molecule has 7 heteroatoms. The second kappa shape index (κ2) is 7.79. The molecule has 1 aromatic rings.